The lowest BCUT2D eigenvalue weighted by atomic mass is 9.88. The summed E-state index contributed by atoms with van der Waals surface area (Å²) in [6.07, 6.45) is 82.2. The predicted octanol–water partition coefficient (Wildman–Crippen LogP) is 40.0. The third-order valence-corrected chi connectivity index (χ3v) is 34.4. The topological polar surface area (TPSA) is 40.6 Å². The maximum atomic E-state index is 16.3. The largest absolute Gasteiger partial charge is 0.308 e. The molecule has 10 heteroatoms. The molecule has 2 aliphatic heterocycles. The van der Waals surface area contributed by atoms with E-state index in [0.29, 0.717) is 47.9 Å². The van der Waals surface area contributed by atoms with Gasteiger partial charge in [-0.2, -0.15) is 0 Å². The van der Waals surface area contributed by atoms with Gasteiger partial charge in [0, 0.05) is 53.5 Å². The van der Waals surface area contributed by atoms with Crippen LogP contribution < -0.4 is 9.80 Å². The van der Waals surface area contributed by atoms with Crippen LogP contribution in [-0.2, 0) is 35.3 Å². The molecule has 4 nitrogen and oxygen atoms in total. The molecule has 0 saturated carbocycles. The minimum atomic E-state index is -0.000702. The van der Waals surface area contributed by atoms with Crippen LogP contribution in [0.15, 0.2) is 68.2 Å². The highest BCUT2D eigenvalue weighted by Gasteiger charge is 2.43. The number of carbonyl (C=O) groups is 2. The Morgan fingerprint density at radius 1 is 0.254 bits per heavy atom. The highest BCUT2D eigenvalue weighted by Crippen LogP contribution is 2.53. The fourth-order valence-corrected chi connectivity index (χ4v) is 26.2. The molecule has 6 aromatic rings. The van der Waals surface area contributed by atoms with Gasteiger partial charge >= 0.3 is 0 Å². The van der Waals surface area contributed by atoms with E-state index in [1.54, 1.807) is 0 Å². The van der Waals surface area contributed by atoms with Gasteiger partial charge in [-0.1, -0.05) is 466 Å². The zero-order valence-corrected chi connectivity index (χ0v) is 86.3. The molecule has 4 unspecified atom stereocenters. The molecular formula is C112H176Br2N2O2S4. The lowest BCUT2D eigenvalue weighted by Gasteiger charge is -2.18. The molecule has 684 valence electrons. The number of carbonyl (C=O) groups excluding carboxylic acids is 2. The minimum absolute atomic E-state index is 0.000702. The zero-order chi connectivity index (χ0) is 86.7. The molecule has 0 aliphatic carbocycles. The van der Waals surface area contributed by atoms with Crippen molar-refractivity contribution in [2.75, 3.05) is 22.9 Å². The van der Waals surface area contributed by atoms with E-state index in [9.17, 15) is 0 Å². The van der Waals surface area contributed by atoms with Crippen molar-refractivity contribution in [3.63, 3.8) is 0 Å². The third kappa shape index (κ3) is 35.3. The number of hydrogen-bond donors (Lipinski definition) is 0. The molecule has 0 fully saturated rings. The Morgan fingerprint density at radius 3 is 0.738 bits per heavy atom. The van der Waals surface area contributed by atoms with Crippen molar-refractivity contribution < 1.29 is 9.59 Å². The molecule has 2 aromatic carbocycles. The number of thiophene rings is 4. The van der Waals surface area contributed by atoms with Gasteiger partial charge in [0.2, 0.25) is 0 Å². The van der Waals surface area contributed by atoms with Crippen molar-refractivity contribution in [3.8, 4) is 40.4 Å². The van der Waals surface area contributed by atoms with Crippen LogP contribution in [0.1, 0.15) is 488 Å². The van der Waals surface area contributed by atoms with Gasteiger partial charge in [0.25, 0.3) is 11.8 Å². The van der Waals surface area contributed by atoms with Crippen LogP contribution in [0.4, 0.5) is 11.4 Å². The van der Waals surface area contributed by atoms with Crippen LogP contribution in [-0.4, -0.2) is 24.9 Å². The Kier molecular flexibility index (Phi) is 53.2. The Balaban J connectivity index is 1.24. The summed E-state index contributed by atoms with van der Waals surface area (Å²) in [4.78, 5) is 45.1. The molecule has 4 aromatic heterocycles. The molecule has 0 bridgehead atoms. The van der Waals surface area contributed by atoms with Gasteiger partial charge in [0.05, 0.1) is 30.1 Å². The number of rotatable bonds is 74. The zero-order valence-electron chi connectivity index (χ0n) is 79.9. The van der Waals surface area contributed by atoms with Gasteiger partial charge in [0.1, 0.15) is 0 Å². The normalized spacial score (nSPS) is 14.5. The van der Waals surface area contributed by atoms with Gasteiger partial charge < -0.3 is 9.80 Å². The molecule has 0 saturated heterocycles. The van der Waals surface area contributed by atoms with Crippen molar-refractivity contribution in [3.05, 3.63) is 102 Å². The quantitative estimate of drug-likeness (QED) is 0.0282. The fourth-order valence-electron chi connectivity index (χ4n) is 20.1. The number of fused-ring (bicyclic) bond motifs is 2. The smallest absolute Gasteiger partial charge is 0.259 e. The van der Waals surface area contributed by atoms with Crippen LogP contribution in [0.2, 0.25) is 0 Å². The van der Waals surface area contributed by atoms with E-state index in [4.69, 9.17) is 0 Å². The number of unbranched alkanes of at least 4 members (excludes halogenated alkanes) is 42. The maximum Gasteiger partial charge on any atom is 0.259 e. The molecule has 4 atom stereocenters. The van der Waals surface area contributed by atoms with Crippen molar-refractivity contribution in [1.29, 1.82) is 0 Å². The minimum Gasteiger partial charge on any atom is -0.308 e. The Morgan fingerprint density at radius 2 is 0.475 bits per heavy atom. The maximum absolute atomic E-state index is 16.3. The second kappa shape index (κ2) is 62.2. The van der Waals surface area contributed by atoms with Crippen LogP contribution in [0.3, 0.4) is 0 Å². The van der Waals surface area contributed by atoms with Crippen LogP contribution >= 0.6 is 77.2 Å². The average Bonchev–Trinajstić information content (AvgIpc) is 1.56. The second-order valence-electron chi connectivity index (χ2n) is 38.3. The first-order valence-electron chi connectivity index (χ1n) is 52.4. The Bertz CT molecular complexity index is 3600. The summed E-state index contributed by atoms with van der Waals surface area (Å²) in [6, 6.07) is 24.5. The van der Waals surface area contributed by atoms with Gasteiger partial charge in [0.15, 0.2) is 0 Å². The van der Waals surface area contributed by atoms with Crippen molar-refractivity contribution in [2.24, 2.45) is 23.7 Å². The van der Waals surface area contributed by atoms with E-state index in [1.165, 1.54) is 430 Å². The molecule has 0 radical (unpaired) electrons. The molecule has 2 amide bonds. The van der Waals surface area contributed by atoms with Gasteiger partial charge in [-0.3, -0.25) is 9.59 Å². The first-order valence-corrected chi connectivity index (χ1v) is 57.2. The summed E-state index contributed by atoms with van der Waals surface area (Å²) >= 11 is 16.5. The van der Waals surface area contributed by atoms with E-state index >= 15 is 9.59 Å². The summed E-state index contributed by atoms with van der Waals surface area (Å²) in [5.74, 6) is 2.71. The average molecular weight is 1870 g/mol. The van der Waals surface area contributed by atoms with Crippen LogP contribution in [0.25, 0.3) is 51.5 Å². The summed E-state index contributed by atoms with van der Waals surface area (Å²) in [5, 5.41) is 0. The van der Waals surface area contributed by atoms with Crippen molar-refractivity contribution in [2.45, 2.75) is 480 Å². The molecular weight excluding hydrogens is 1690 g/mol. The summed E-state index contributed by atoms with van der Waals surface area (Å²) in [7, 11) is 0. The number of anilines is 2. The lowest BCUT2D eigenvalue weighted by Crippen LogP contribution is -2.30. The molecule has 122 heavy (non-hydrogen) atoms. The van der Waals surface area contributed by atoms with E-state index in [0.717, 1.165) is 73.9 Å². The molecule has 2 aliphatic rings. The van der Waals surface area contributed by atoms with Gasteiger partial charge in [-0.05, 0) is 164 Å². The van der Waals surface area contributed by atoms with E-state index in [1.807, 2.05) is 45.3 Å². The summed E-state index contributed by atoms with van der Waals surface area (Å²) in [5.41, 5.74) is 13.5. The van der Waals surface area contributed by atoms with Crippen molar-refractivity contribution in [1.82, 2.24) is 0 Å². The van der Waals surface area contributed by atoms with E-state index < -0.39 is 0 Å². The summed E-state index contributed by atoms with van der Waals surface area (Å²) in [6.45, 7) is 24.6. The SMILES string of the molecule is CCCCCCCCC(CCCCCC)Cc1cc(-c2sc(-c3ccc4c(c3)N(CCCCCCCC)C(=O)/C4=C3/C(=O)N(CCCCCCCC)c4cc(-c5cc(CC(CCCCCC)CCCCCCCC)c(-c6cc(CC(CCCCCC)CCCCCCCC)c(Br)s6)s5)ccc43)cc2CC(CCCCCC)CCCCCCCC)sc1Br. The molecule has 8 rings (SSSR count). The van der Waals surface area contributed by atoms with E-state index in [-0.39, 0.29) is 11.8 Å². The second-order valence-corrected chi connectivity index (χ2v) is 45.2. The lowest BCUT2D eigenvalue weighted by molar-refractivity contribution is -0.114. The summed E-state index contributed by atoms with van der Waals surface area (Å²) < 4.78 is 2.65. The number of benzene rings is 2. The highest BCUT2D eigenvalue weighted by molar-refractivity contribution is 9.11. The van der Waals surface area contributed by atoms with Gasteiger partial charge in [-0.25, -0.2) is 0 Å². The number of nitrogens with zero attached hydrogens (tertiary/aromatic N) is 2. The number of halogens is 2. The fraction of sp³-hybridized carbons (Fsp3) is 0.714. The van der Waals surface area contributed by atoms with Crippen molar-refractivity contribution >= 4 is 112 Å². The van der Waals surface area contributed by atoms with Gasteiger partial charge in [-0.15, -0.1) is 45.3 Å². The molecule has 6 heterocycles. The number of hydrogen-bond acceptors (Lipinski definition) is 6. The van der Waals surface area contributed by atoms with Crippen LogP contribution in [0.5, 0.6) is 0 Å². The van der Waals surface area contributed by atoms with Crippen LogP contribution in [0, 0.1) is 23.7 Å². The third-order valence-electron chi connectivity index (χ3n) is 27.7. The Hall–Kier alpha value is -3.12. The Labute approximate surface area is 783 Å². The first-order chi connectivity index (χ1) is 59.9. The standard InChI is InChI=1S/C112H176Br2N2O2S4/c1-11-21-31-41-47-57-67-87(63-53-37-27-17-7)77-93-83-101(119-107(93)103-85-95(109(113)121-103)79-89(65-55-39-29-19-9)69-59-49-43-33-23-13-3)91-71-73-97-99(81-91)115(75-61-51-45-35-25-15-5)111(117)105(97)106-98-74-72-92(82-100(98)116(112(106)118)76-62-52-46-36-26-16-6)102-84-94(78-88(64-54-38-28-18-8)68-58-48-42-32-22-12-2)108(120-102)104-86-96(110(114)122-104)80-90(66-56-40-30-20-10)70-60-50-44-34-24-14-4/h71-74,81-90H,11-70,75-80H2,1-10H3/b106-105+. The van der Waals surface area contributed by atoms with E-state index in [2.05, 4.69) is 172 Å². The first kappa shape index (κ1) is 104. The molecule has 0 spiro atoms. The molecule has 0 N–H and O–H groups in total. The highest BCUT2D eigenvalue weighted by atomic mass is 79.9. The predicted molar refractivity (Wildman–Crippen MR) is 556 cm³/mol. The monoisotopic (exact) mass is 1870 g/mol. The number of amides is 2.